The molecule has 0 aliphatic rings. The molecule has 1 aromatic heterocycles. The van der Waals surface area contributed by atoms with Gasteiger partial charge in [-0.1, -0.05) is 36.0 Å². The minimum absolute atomic E-state index is 0.0456. The van der Waals surface area contributed by atoms with E-state index in [0.29, 0.717) is 29.6 Å². The number of hydrogen-bond donors (Lipinski definition) is 1. The lowest BCUT2D eigenvalue weighted by Gasteiger charge is -2.10. The molecule has 0 aliphatic heterocycles. The van der Waals surface area contributed by atoms with Gasteiger partial charge in [0.1, 0.15) is 5.82 Å². The number of para-hydroxylation sites is 1. The molecule has 1 amide bonds. The Morgan fingerprint density at radius 2 is 1.83 bits per heavy atom. The van der Waals surface area contributed by atoms with E-state index in [0.717, 1.165) is 17.1 Å². The summed E-state index contributed by atoms with van der Waals surface area (Å²) in [4.78, 5) is 12.3. The minimum atomic E-state index is -0.0456. The summed E-state index contributed by atoms with van der Waals surface area (Å²) in [5.74, 6) is 2.39. The van der Waals surface area contributed by atoms with E-state index in [2.05, 4.69) is 15.5 Å². The third-order valence-electron chi connectivity index (χ3n) is 4.33. The highest BCUT2D eigenvalue weighted by molar-refractivity contribution is 7.99. The van der Waals surface area contributed by atoms with Crippen molar-refractivity contribution in [2.45, 2.75) is 18.5 Å². The van der Waals surface area contributed by atoms with Crippen LogP contribution in [-0.2, 0) is 11.2 Å². The van der Waals surface area contributed by atoms with Crippen LogP contribution in [0.4, 0.5) is 0 Å². The van der Waals surface area contributed by atoms with E-state index in [4.69, 9.17) is 9.47 Å². The molecule has 3 aromatic rings. The molecule has 0 radical (unpaired) electrons. The number of carbonyl (C=O) groups is 1. The highest BCUT2D eigenvalue weighted by Crippen LogP contribution is 2.27. The van der Waals surface area contributed by atoms with Gasteiger partial charge in [-0.2, -0.15) is 0 Å². The van der Waals surface area contributed by atoms with Gasteiger partial charge in [0.2, 0.25) is 5.91 Å². The molecule has 0 aliphatic carbocycles. The summed E-state index contributed by atoms with van der Waals surface area (Å²) >= 11 is 1.37. The lowest BCUT2D eigenvalue weighted by atomic mass is 10.1. The van der Waals surface area contributed by atoms with Crippen molar-refractivity contribution in [3.8, 4) is 17.2 Å². The lowest BCUT2D eigenvalue weighted by molar-refractivity contribution is -0.118. The third kappa shape index (κ3) is 5.29. The summed E-state index contributed by atoms with van der Waals surface area (Å²) in [7, 11) is 3.21. The quantitative estimate of drug-likeness (QED) is 0.544. The Hall–Kier alpha value is -3.00. The summed E-state index contributed by atoms with van der Waals surface area (Å²) in [6.45, 7) is 2.44. The maximum Gasteiger partial charge on any atom is 0.230 e. The number of methoxy groups -OCH3 is 2. The fraction of sp³-hybridized carbons (Fsp3) is 0.286. The number of rotatable bonds is 9. The van der Waals surface area contributed by atoms with Crippen LogP contribution in [0.5, 0.6) is 11.5 Å². The molecule has 0 saturated carbocycles. The van der Waals surface area contributed by atoms with E-state index in [1.54, 1.807) is 14.2 Å². The molecular formula is C21H24N4O3S. The Bertz CT molecular complexity index is 960. The summed E-state index contributed by atoms with van der Waals surface area (Å²) < 4.78 is 12.5. The van der Waals surface area contributed by atoms with Crippen molar-refractivity contribution in [3.63, 3.8) is 0 Å². The summed E-state index contributed by atoms with van der Waals surface area (Å²) in [5, 5.41) is 12.0. The van der Waals surface area contributed by atoms with Crippen LogP contribution in [-0.4, -0.2) is 47.2 Å². The molecule has 0 bridgehead atoms. The van der Waals surface area contributed by atoms with Crippen LogP contribution in [0.1, 0.15) is 11.4 Å². The molecule has 2 aromatic carbocycles. The van der Waals surface area contributed by atoms with Crippen LogP contribution < -0.4 is 14.8 Å². The van der Waals surface area contributed by atoms with Crippen LogP contribution in [0.3, 0.4) is 0 Å². The zero-order valence-corrected chi connectivity index (χ0v) is 17.5. The Morgan fingerprint density at radius 1 is 1.07 bits per heavy atom. The highest BCUT2D eigenvalue weighted by atomic mass is 32.2. The molecule has 7 nitrogen and oxygen atoms in total. The second-order valence-electron chi connectivity index (χ2n) is 6.28. The van der Waals surface area contributed by atoms with Crippen molar-refractivity contribution < 1.29 is 14.3 Å². The predicted octanol–water partition coefficient (Wildman–Crippen LogP) is 3.04. The largest absolute Gasteiger partial charge is 0.493 e. The Kier molecular flexibility index (Phi) is 7.13. The van der Waals surface area contributed by atoms with Gasteiger partial charge >= 0.3 is 0 Å². The van der Waals surface area contributed by atoms with Crippen molar-refractivity contribution in [3.05, 3.63) is 59.9 Å². The molecule has 3 rings (SSSR count). The van der Waals surface area contributed by atoms with E-state index in [1.807, 2.05) is 60.0 Å². The molecule has 0 spiro atoms. The van der Waals surface area contributed by atoms with Crippen LogP contribution >= 0.6 is 11.8 Å². The number of ether oxygens (including phenoxy) is 2. The SMILES string of the molecule is COc1ccc(CCNC(=O)CSc2nnc(C)n2-c2ccccc2)cc1OC. The van der Waals surface area contributed by atoms with Crippen LogP contribution in [0.25, 0.3) is 5.69 Å². The number of amides is 1. The number of aryl methyl sites for hydroxylation is 1. The maximum absolute atomic E-state index is 12.3. The van der Waals surface area contributed by atoms with E-state index in [1.165, 1.54) is 11.8 Å². The number of thioether (sulfide) groups is 1. The maximum atomic E-state index is 12.3. The molecule has 1 heterocycles. The van der Waals surface area contributed by atoms with Crippen LogP contribution in [0.15, 0.2) is 53.7 Å². The second-order valence-corrected chi connectivity index (χ2v) is 7.22. The molecule has 1 N–H and O–H groups in total. The van der Waals surface area contributed by atoms with Crippen LogP contribution in [0, 0.1) is 6.92 Å². The topological polar surface area (TPSA) is 78.3 Å². The highest BCUT2D eigenvalue weighted by Gasteiger charge is 2.13. The first-order valence-corrected chi connectivity index (χ1v) is 10.2. The van der Waals surface area contributed by atoms with Gasteiger partial charge in [0.25, 0.3) is 0 Å². The summed E-state index contributed by atoms with van der Waals surface area (Å²) in [5.41, 5.74) is 2.04. The molecule has 0 atom stereocenters. The van der Waals surface area contributed by atoms with Gasteiger partial charge in [-0.3, -0.25) is 9.36 Å². The summed E-state index contributed by atoms with van der Waals surface area (Å²) in [6, 6.07) is 15.6. The normalized spacial score (nSPS) is 10.6. The first-order valence-electron chi connectivity index (χ1n) is 9.20. The zero-order valence-electron chi connectivity index (χ0n) is 16.7. The van der Waals surface area contributed by atoms with Gasteiger partial charge in [-0.05, 0) is 43.2 Å². The first kappa shape index (κ1) is 20.7. The smallest absolute Gasteiger partial charge is 0.230 e. The van der Waals surface area contributed by atoms with Crippen molar-refractivity contribution in [2.24, 2.45) is 0 Å². The second kappa shape index (κ2) is 9.97. The molecular weight excluding hydrogens is 388 g/mol. The zero-order chi connectivity index (χ0) is 20.6. The lowest BCUT2D eigenvalue weighted by Crippen LogP contribution is -2.27. The van der Waals surface area contributed by atoms with Crippen molar-refractivity contribution in [2.75, 3.05) is 26.5 Å². The molecule has 0 fully saturated rings. The van der Waals surface area contributed by atoms with E-state index in [9.17, 15) is 4.79 Å². The van der Waals surface area contributed by atoms with Gasteiger partial charge in [-0.25, -0.2) is 0 Å². The van der Waals surface area contributed by atoms with Crippen molar-refractivity contribution in [1.29, 1.82) is 0 Å². The van der Waals surface area contributed by atoms with Gasteiger partial charge in [0.05, 0.1) is 20.0 Å². The molecule has 0 saturated heterocycles. The number of aromatic nitrogens is 3. The van der Waals surface area contributed by atoms with Gasteiger partial charge in [0.15, 0.2) is 16.7 Å². The van der Waals surface area contributed by atoms with E-state index >= 15 is 0 Å². The number of carbonyl (C=O) groups excluding carboxylic acids is 1. The predicted molar refractivity (Wildman–Crippen MR) is 113 cm³/mol. The van der Waals surface area contributed by atoms with Gasteiger partial charge in [-0.15, -0.1) is 10.2 Å². The van der Waals surface area contributed by atoms with Crippen LogP contribution in [0.2, 0.25) is 0 Å². The van der Waals surface area contributed by atoms with E-state index in [-0.39, 0.29) is 11.7 Å². The van der Waals surface area contributed by atoms with Crippen molar-refractivity contribution in [1.82, 2.24) is 20.1 Å². The van der Waals surface area contributed by atoms with Crippen molar-refractivity contribution >= 4 is 17.7 Å². The average Bonchev–Trinajstić information content (AvgIpc) is 3.13. The van der Waals surface area contributed by atoms with E-state index < -0.39 is 0 Å². The average molecular weight is 413 g/mol. The standard InChI is InChI=1S/C21H24N4O3S/c1-15-23-24-21(25(15)17-7-5-4-6-8-17)29-14-20(26)22-12-11-16-9-10-18(27-2)19(13-16)28-3/h4-10,13H,11-12,14H2,1-3H3,(H,22,26). The molecule has 29 heavy (non-hydrogen) atoms. The molecule has 8 heteroatoms. The van der Waals surface area contributed by atoms with Gasteiger partial charge < -0.3 is 14.8 Å². The summed E-state index contributed by atoms with van der Waals surface area (Å²) in [6.07, 6.45) is 0.704. The molecule has 152 valence electrons. The Morgan fingerprint density at radius 3 is 2.55 bits per heavy atom. The Labute approximate surface area is 174 Å². The van der Waals surface area contributed by atoms with Gasteiger partial charge in [0, 0.05) is 12.2 Å². The third-order valence-corrected chi connectivity index (χ3v) is 5.25. The fourth-order valence-corrected chi connectivity index (χ4v) is 3.70. The molecule has 0 unspecified atom stereocenters. The monoisotopic (exact) mass is 412 g/mol. The number of nitrogens with one attached hydrogen (secondary N) is 1. The number of benzene rings is 2. The Balaban J connectivity index is 1.51. The fourth-order valence-electron chi connectivity index (χ4n) is 2.87. The number of hydrogen-bond acceptors (Lipinski definition) is 6. The minimum Gasteiger partial charge on any atom is -0.493 e. The number of nitrogens with zero attached hydrogens (tertiary/aromatic N) is 3. The first-order chi connectivity index (χ1) is 14.1.